The van der Waals surface area contributed by atoms with Gasteiger partial charge in [-0.15, -0.1) is 0 Å². The normalized spacial score (nSPS) is 21.9. The number of hydrogen-bond donors (Lipinski definition) is 1. The van der Waals surface area contributed by atoms with Crippen LogP contribution in [0.1, 0.15) is 10.5 Å². The number of Topliss-reactive ketones (excluding diaryl/α,β-unsaturated/α-hetero) is 1. The number of pyridine rings is 1. The van der Waals surface area contributed by atoms with E-state index < -0.39 is 0 Å². The highest BCUT2D eigenvalue weighted by molar-refractivity contribution is 5.98. The summed E-state index contributed by atoms with van der Waals surface area (Å²) in [7, 11) is 0. The first-order valence-electron chi connectivity index (χ1n) is 4.70. The number of hydrogen-bond acceptors (Lipinski definition) is 3. The van der Waals surface area contributed by atoms with Gasteiger partial charge < -0.3 is 5.32 Å². The minimum absolute atomic E-state index is 0.0119. The first-order valence-corrected chi connectivity index (χ1v) is 4.70. The Morgan fingerprint density at radius 1 is 1.50 bits per heavy atom. The maximum Gasteiger partial charge on any atom is 0.200 e. The molecule has 1 atom stereocenters. The minimum Gasteiger partial charge on any atom is -0.313 e. The molecule has 1 saturated heterocycles. The fraction of sp³-hybridized carbons (Fsp3) is 0.400. The van der Waals surface area contributed by atoms with Crippen molar-refractivity contribution in [2.75, 3.05) is 19.6 Å². The van der Waals surface area contributed by atoms with Crippen LogP contribution in [0.5, 0.6) is 0 Å². The van der Waals surface area contributed by atoms with Crippen LogP contribution in [-0.2, 0) is 0 Å². The fourth-order valence-electron chi connectivity index (χ4n) is 1.46. The number of aromatic nitrogens is 1. The highest BCUT2D eigenvalue weighted by Gasteiger charge is 2.23. The highest BCUT2D eigenvalue weighted by atomic mass is 16.1. The lowest BCUT2D eigenvalue weighted by Crippen LogP contribution is -2.48. The number of rotatable bonds is 2. The minimum atomic E-state index is -0.251. The molecule has 0 spiro atoms. The SMILES string of the molecule is O=C(c1ccccn1)C1CNCC[N]1. The van der Waals surface area contributed by atoms with Crippen LogP contribution in [-0.4, -0.2) is 36.4 Å². The summed E-state index contributed by atoms with van der Waals surface area (Å²) in [4.78, 5) is 15.8. The number of nitrogens with zero attached hydrogens (tertiary/aromatic N) is 2. The average Bonchev–Trinajstić information content (AvgIpc) is 2.30. The molecular weight excluding hydrogens is 178 g/mol. The Labute approximate surface area is 82.7 Å². The van der Waals surface area contributed by atoms with E-state index in [4.69, 9.17) is 0 Å². The van der Waals surface area contributed by atoms with E-state index in [9.17, 15) is 4.79 Å². The maximum atomic E-state index is 11.8. The monoisotopic (exact) mass is 190 g/mol. The molecule has 1 unspecified atom stereocenters. The first kappa shape index (κ1) is 9.30. The molecule has 2 heterocycles. The molecule has 0 amide bonds. The summed E-state index contributed by atoms with van der Waals surface area (Å²) < 4.78 is 0. The van der Waals surface area contributed by atoms with E-state index >= 15 is 0 Å². The second-order valence-corrected chi connectivity index (χ2v) is 3.21. The van der Waals surface area contributed by atoms with Gasteiger partial charge in [0.05, 0.1) is 0 Å². The van der Waals surface area contributed by atoms with Gasteiger partial charge in [-0.1, -0.05) is 6.07 Å². The van der Waals surface area contributed by atoms with Gasteiger partial charge in [0.1, 0.15) is 11.7 Å². The van der Waals surface area contributed by atoms with Gasteiger partial charge in [-0.3, -0.25) is 9.78 Å². The summed E-state index contributed by atoms with van der Waals surface area (Å²) in [5.41, 5.74) is 0.505. The van der Waals surface area contributed by atoms with E-state index in [2.05, 4.69) is 15.6 Å². The van der Waals surface area contributed by atoms with Gasteiger partial charge in [-0.05, 0) is 12.1 Å². The quantitative estimate of drug-likeness (QED) is 0.659. The molecule has 0 saturated carbocycles. The Hall–Kier alpha value is -1.26. The number of piperazine rings is 1. The van der Waals surface area contributed by atoms with Gasteiger partial charge in [0.2, 0.25) is 5.78 Å². The average molecular weight is 190 g/mol. The van der Waals surface area contributed by atoms with Gasteiger partial charge in [-0.25, -0.2) is 5.32 Å². The van der Waals surface area contributed by atoms with E-state index in [1.807, 2.05) is 6.07 Å². The van der Waals surface area contributed by atoms with Crippen LogP contribution >= 0.6 is 0 Å². The standard InChI is InChI=1S/C10H12N3O/c14-10(8-3-1-2-4-12-8)9-7-11-5-6-13-9/h1-4,9,11H,5-7H2. The molecule has 0 bridgehead atoms. The Morgan fingerprint density at radius 3 is 3.07 bits per heavy atom. The second-order valence-electron chi connectivity index (χ2n) is 3.21. The molecule has 1 aromatic heterocycles. The van der Waals surface area contributed by atoms with Crippen molar-refractivity contribution in [1.82, 2.24) is 15.6 Å². The predicted octanol–water partition coefficient (Wildman–Crippen LogP) is -0.160. The second kappa shape index (κ2) is 4.30. The lowest BCUT2D eigenvalue weighted by molar-refractivity contribution is 0.0927. The molecule has 1 aromatic rings. The van der Waals surface area contributed by atoms with Crippen molar-refractivity contribution < 1.29 is 4.79 Å². The molecule has 2 rings (SSSR count). The number of carbonyl (C=O) groups is 1. The summed E-state index contributed by atoms with van der Waals surface area (Å²) in [6.07, 6.45) is 1.63. The zero-order valence-corrected chi connectivity index (χ0v) is 7.81. The van der Waals surface area contributed by atoms with Crippen LogP contribution in [0.15, 0.2) is 24.4 Å². The molecule has 4 nitrogen and oxygen atoms in total. The summed E-state index contributed by atoms with van der Waals surface area (Å²) in [6.45, 7) is 2.21. The Balaban J connectivity index is 2.07. The summed E-state index contributed by atoms with van der Waals surface area (Å²) in [5, 5.41) is 7.40. The highest BCUT2D eigenvalue weighted by Crippen LogP contribution is 2.01. The third-order valence-corrected chi connectivity index (χ3v) is 2.20. The number of ketones is 1. The first-order chi connectivity index (χ1) is 6.88. The molecule has 4 heteroatoms. The zero-order valence-electron chi connectivity index (χ0n) is 7.81. The Kier molecular flexibility index (Phi) is 2.86. The van der Waals surface area contributed by atoms with Crippen LogP contribution in [0.3, 0.4) is 0 Å². The van der Waals surface area contributed by atoms with Crippen molar-refractivity contribution in [2.45, 2.75) is 6.04 Å². The lowest BCUT2D eigenvalue weighted by Gasteiger charge is -2.20. The molecule has 1 aliphatic rings. The summed E-state index contributed by atoms with van der Waals surface area (Å²) >= 11 is 0. The number of nitrogens with one attached hydrogen (secondary N) is 1. The van der Waals surface area contributed by atoms with E-state index in [0.717, 1.165) is 6.54 Å². The topological polar surface area (TPSA) is 56.1 Å². The van der Waals surface area contributed by atoms with Crippen molar-refractivity contribution in [3.05, 3.63) is 30.1 Å². The van der Waals surface area contributed by atoms with E-state index in [0.29, 0.717) is 18.8 Å². The molecule has 14 heavy (non-hydrogen) atoms. The molecular formula is C10H12N3O. The maximum absolute atomic E-state index is 11.8. The van der Waals surface area contributed by atoms with Gasteiger partial charge in [0, 0.05) is 25.8 Å². The van der Waals surface area contributed by atoms with Gasteiger partial charge >= 0.3 is 0 Å². The van der Waals surface area contributed by atoms with E-state index in [1.165, 1.54) is 0 Å². The van der Waals surface area contributed by atoms with Gasteiger partial charge in [0.15, 0.2) is 0 Å². The van der Waals surface area contributed by atoms with Crippen LogP contribution in [0.4, 0.5) is 0 Å². The van der Waals surface area contributed by atoms with Crippen molar-refractivity contribution in [1.29, 1.82) is 0 Å². The lowest BCUT2D eigenvalue weighted by atomic mass is 10.1. The van der Waals surface area contributed by atoms with Crippen LogP contribution in [0.2, 0.25) is 0 Å². The molecule has 1 fully saturated rings. The van der Waals surface area contributed by atoms with Crippen LogP contribution < -0.4 is 10.6 Å². The predicted molar refractivity (Wildman–Crippen MR) is 52.2 cm³/mol. The van der Waals surface area contributed by atoms with Crippen molar-refractivity contribution in [3.63, 3.8) is 0 Å². The fourth-order valence-corrected chi connectivity index (χ4v) is 1.46. The smallest absolute Gasteiger partial charge is 0.200 e. The van der Waals surface area contributed by atoms with E-state index in [-0.39, 0.29) is 11.8 Å². The molecule has 1 radical (unpaired) electrons. The molecule has 0 aliphatic carbocycles. The summed E-state index contributed by atoms with van der Waals surface area (Å²) in [6, 6.07) is 5.09. The van der Waals surface area contributed by atoms with Gasteiger partial charge in [0.25, 0.3) is 0 Å². The van der Waals surface area contributed by atoms with E-state index in [1.54, 1.807) is 18.3 Å². The molecule has 1 N–H and O–H groups in total. The van der Waals surface area contributed by atoms with Crippen molar-refractivity contribution >= 4 is 5.78 Å². The van der Waals surface area contributed by atoms with Gasteiger partial charge in [-0.2, -0.15) is 0 Å². The molecule has 0 aromatic carbocycles. The summed E-state index contributed by atoms with van der Waals surface area (Å²) in [5.74, 6) is 0.0119. The Morgan fingerprint density at radius 2 is 2.43 bits per heavy atom. The largest absolute Gasteiger partial charge is 0.313 e. The molecule has 73 valence electrons. The Bertz CT molecular complexity index is 306. The number of carbonyl (C=O) groups excluding carboxylic acids is 1. The molecule has 1 aliphatic heterocycles. The van der Waals surface area contributed by atoms with Crippen LogP contribution in [0, 0.1) is 0 Å². The zero-order chi connectivity index (χ0) is 9.80. The third-order valence-electron chi connectivity index (χ3n) is 2.20. The van der Waals surface area contributed by atoms with Crippen molar-refractivity contribution in [3.8, 4) is 0 Å². The third kappa shape index (κ3) is 1.97. The van der Waals surface area contributed by atoms with Crippen LogP contribution in [0.25, 0.3) is 0 Å². The van der Waals surface area contributed by atoms with Crippen molar-refractivity contribution in [2.24, 2.45) is 0 Å².